The Morgan fingerprint density at radius 3 is 2.60 bits per heavy atom. The van der Waals surface area contributed by atoms with Crippen molar-refractivity contribution in [2.75, 3.05) is 17.2 Å². The monoisotopic (exact) mass is 278 g/mol. The van der Waals surface area contributed by atoms with Gasteiger partial charge in [0.1, 0.15) is 0 Å². The SMILES string of the molecule is NC(=O)CN(c1nccc(C(=O)O)c1N)C1CCCC1. The third kappa shape index (κ3) is 2.81. The largest absolute Gasteiger partial charge is 0.478 e. The van der Waals surface area contributed by atoms with Crippen LogP contribution in [0, 0.1) is 0 Å². The molecule has 5 N–H and O–H groups in total. The van der Waals surface area contributed by atoms with E-state index in [2.05, 4.69) is 4.98 Å². The Labute approximate surface area is 116 Å². The van der Waals surface area contributed by atoms with Gasteiger partial charge in [-0.05, 0) is 18.9 Å². The molecule has 0 aromatic carbocycles. The fourth-order valence-corrected chi connectivity index (χ4v) is 2.64. The lowest BCUT2D eigenvalue weighted by molar-refractivity contribution is -0.116. The molecule has 1 aromatic heterocycles. The molecule has 108 valence electrons. The van der Waals surface area contributed by atoms with Crippen molar-refractivity contribution in [3.8, 4) is 0 Å². The number of carboxylic acids is 1. The molecule has 0 spiro atoms. The number of carbonyl (C=O) groups excluding carboxylic acids is 1. The number of aromatic nitrogens is 1. The van der Waals surface area contributed by atoms with Crippen LogP contribution in [0.4, 0.5) is 11.5 Å². The summed E-state index contributed by atoms with van der Waals surface area (Å²) in [5, 5.41) is 9.10. The Kier molecular flexibility index (Phi) is 4.07. The third-order valence-electron chi connectivity index (χ3n) is 3.56. The van der Waals surface area contributed by atoms with Crippen molar-refractivity contribution in [3.05, 3.63) is 17.8 Å². The van der Waals surface area contributed by atoms with Gasteiger partial charge in [0.05, 0.1) is 17.8 Å². The van der Waals surface area contributed by atoms with E-state index in [1.807, 2.05) is 0 Å². The predicted octanol–water partition coefficient (Wildman–Crippen LogP) is 0.596. The quantitative estimate of drug-likeness (QED) is 0.724. The van der Waals surface area contributed by atoms with E-state index < -0.39 is 11.9 Å². The van der Waals surface area contributed by atoms with Gasteiger partial charge in [0, 0.05) is 12.2 Å². The highest BCUT2D eigenvalue weighted by molar-refractivity contribution is 5.96. The summed E-state index contributed by atoms with van der Waals surface area (Å²) in [6, 6.07) is 1.47. The Hall–Kier alpha value is -2.31. The number of carboxylic acid groups (broad SMARTS) is 1. The second kappa shape index (κ2) is 5.77. The Balaban J connectivity index is 2.39. The van der Waals surface area contributed by atoms with Crippen LogP contribution in [0.1, 0.15) is 36.0 Å². The maximum atomic E-state index is 11.3. The number of primary amides is 1. The highest BCUT2D eigenvalue weighted by Crippen LogP contribution is 2.31. The minimum atomic E-state index is -1.11. The van der Waals surface area contributed by atoms with Crippen LogP contribution in [-0.2, 0) is 4.79 Å². The van der Waals surface area contributed by atoms with Crippen LogP contribution in [0.2, 0.25) is 0 Å². The first-order valence-corrected chi connectivity index (χ1v) is 6.53. The number of amides is 1. The molecule has 0 radical (unpaired) electrons. The second-order valence-corrected chi connectivity index (χ2v) is 4.93. The molecule has 1 fully saturated rings. The van der Waals surface area contributed by atoms with E-state index in [4.69, 9.17) is 16.6 Å². The van der Waals surface area contributed by atoms with E-state index in [0.717, 1.165) is 25.7 Å². The number of carbonyl (C=O) groups is 2. The maximum Gasteiger partial charge on any atom is 0.337 e. The average Bonchev–Trinajstić information content (AvgIpc) is 2.89. The van der Waals surface area contributed by atoms with Crippen LogP contribution in [0.15, 0.2) is 12.3 Å². The van der Waals surface area contributed by atoms with E-state index >= 15 is 0 Å². The normalized spacial score (nSPS) is 15.2. The maximum absolute atomic E-state index is 11.3. The lowest BCUT2D eigenvalue weighted by Crippen LogP contribution is -2.41. The third-order valence-corrected chi connectivity index (χ3v) is 3.56. The summed E-state index contributed by atoms with van der Waals surface area (Å²) in [5.74, 6) is -1.27. The number of pyridine rings is 1. The highest BCUT2D eigenvalue weighted by atomic mass is 16.4. The number of nitrogens with two attached hydrogens (primary N) is 2. The van der Waals surface area contributed by atoms with Gasteiger partial charge in [0.2, 0.25) is 5.91 Å². The standard InChI is InChI=1S/C13H18N4O3/c14-10(18)7-17(8-3-1-2-4-8)12-11(15)9(13(19)20)5-6-16-12/h5-6,8H,1-4,7,15H2,(H2,14,18)(H,19,20). The zero-order chi connectivity index (χ0) is 14.7. The minimum Gasteiger partial charge on any atom is -0.478 e. The number of hydrogen-bond donors (Lipinski definition) is 3. The molecular formula is C13H18N4O3. The smallest absolute Gasteiger partial charge is 0.337 e. The molecule has 20 heavy (non-hydrogen) atoms. The molecular weight excluding hydrogens is 260 g/mol. The predicted molar refractivity (Wildman–Crippen MR) is 74.4 cm³/mol. The van der Waals surface area contributed by atoms with Gasteiger partial charge in [0.15, 0.2) is 5.82 Å². The zero-order valence-electron chi connectivity index (χ0n) is 11.1. The summed E-state index contributed by atoms with van der Waals surface area (Å²) in [5.41, 5.74) is 11.2. The van der Waals surface area contributed by atoms with Gasteiger partial charge < -0.3 is 21.5 Å². The Morgan fingerprint density at radius 2 is 2.05 bits per heavy atom. The summed E-state index contributed by atoms with van der Waals surface area (Å²) in [6.45, 7) is -0.00899. The van der Waals surface area contributed by atoms with Crippen molar-refractivity contribution in [2.24, 2.45) is 5.73 Å². The summed E-state index contributed by atoms with van der Waals surface area (Å²) in [6.07, 6.45) is 5.37. The molecule has 1 aromatic rings. The number of nitrogens with zero attached hydrogens (tertiary/aromatic N) is 2. The van der Waals surface area contributed by atoms with Gasteiger partial charge in [-0.15, -0.1) is 0 Å². The fourth-order valence-electron chi connectivity index (χ4n) is 2.64. The first-order chi connectivity index (χ1) is 9.50. The molecule has 0 aliphatic heterocycles. The first-order valence-electron chi connectivity index (χ1n) is 6.53. The van der Waals surface area contributed by atoms with Crippen LogP contribution >= 0.6 is 0 Å². The van der Waals surface area contributed by atoms with Crippen LogP contribution in [0.5, 0.6) is 0 Å². The minimum absolute atomic E-state index is 0.00899. The number of aromatic carboxylic acids is 1. The number of anilines is 2. The summed E-state index contributed by atoms with van der Waals surface area (Å²) in [4.78, 5) is 28.3. The van der Waals surface area contributed by atoms with Gasteiger partial charge in [-0.1, -0.05) is 12.8 Å². The van der Waals surface area contributed by atoms with E-state index in [0.29, 0.717) is 5.82 Å². The van der Waals surface area contributed by atoms with E-state index in [-0.39, 0.29) is 23.8 Å². The van der Waals surface area contributed by atoms with Crippen molar-refractivity contribution in [1.29, 1.82) is 0 Å². The van der Waals surface area contributed by atoms with Crippen molar-refractivity contribution in [1.82, 2.24) is 4.98 Å². The lowest BCUT2D eigenvalue weighted by Gasteiger charge is -2.30. The average molecular weight is 278 g/mol. The van der Waals surface area contributed by atoms with Crippen LogP contribution in [-0.4, -0.2) is 34.6 Å². The number of rotatable bonds is 5. The molecule has 2 rings (SSSR count). The second-order valence-electron chi connectivity index (χ2n) is 4.93. The fraction of sp³-hybridized carbons (Fsp3) is 0.462. The molecule has 1 heterocycles. The molecule has 1 aliphatic rings. The van der Waals surface area contributed by atoms with Crippen molar-refractivity contribution >= 4 is 23.4 Å². The lowest BCUT2D eigenvalue weighted by atomic mass is 10.1. The molecule has 1 amide bonds. The van der Waals surface area contributed by atoms with Gasteiger partial charge in [-0.25, -0.2) is 9.78 Å². The van der Waals surface area contributed by atoms with Crippen molar-refractivity contribution in [2.45, 2.75) is 31.7 Å². The first kappa shape index (κ1) is 14.1. The molecule has 0 atom stereocenters. The molecule has 7 nitrogen and oxygen atoms in total. The van der Waals surface area contributed by atoms with Crippen molar-refractivity contribution in [3.63, 3.8) is 0 Å². The molecule has 0 bridgehead atoms. The zero-order valence-corrected chi connectivity index (χ0v) is 11.1. The highest BCUT2D eigenvalue weighted by Gasteiger charge is 2.27. The van der Waals surface area contributed by atoms with Gasteiger partial charge in [-0.2, -0.15) is 0 Å². The molecule has 1 aliphatic carbocycles. The summed E-state index contributed by atoms with van der Waals surface area (Å²) in [7, 11) is 0. The molecule has 1 saturated carbocycles. The van der Waals surface area contributed by atoms with Gasteiger partial charge in [0.25, 0.3) is 0 Å². The Morgan fingerprint density at radius 1 is 1.40 bits per heavy atom. The van der Waals surface area contributed by atoms with E-state index in [1.54, 1.807) is 4.90 Å². The van der Waals surface area contributed by atoms with Crippen LogP contribution in [0.25, 0.3) is 0 Å². The van der Waals surface area contributed by atoms with E-state index in [9.17, 15) is 9.59 Å². The van der Waals surface area contributed by atoms with Crippen LogP contribution < -0.4 is 16.4 Å². The van der Waals surface area contributed by atoms with Crippen molar-refractivity contribution < 1.29 is 14.7 Å². The van der Waals surface area contributed by atoms with Gasteiger partial charge >= 0.3 is 5.97 Å². The summed E-state index contributed by atoms with van der Waals surface area (Å²) >= 11 is 0. The van der Waals surface area contributed by atoms with Gasteiger partial charge in [-0.3, -0.25) is 4.79 Å². The van der Waals surface area contributed by atoms with Crippen LogP contribution in [0.3, 0.4) is 0 Å². The summed E-state index contributed by atoms with van der Waals surface area (Å²) < 4.78 is 0. The number of nitrogen functional groups attached to an aromatic ring is 1. The Bertz CT molecular complexity index is 526. The number of hydrogen-bond acceptors (Lipinski definition) is 5. The molecule has 7 heteroatoms. The molecule has 0 unspecified atom stereocenters. The topological polar surface area (TPSA) is 123 Å². The van der Waals surface area contributed by atoms with E-state index in [1.165, 1.54) is 12.3 Å². The molecule has 0 saturated heterocycles.